The summed E-state index contributed by atoms with van der Waals surface area (Å²) in [6, 6.07) is 26.7. The van der Waals surface area contributed by atoms with Gasteiger partial charge in [0.25, 0.3) is 0 Å². The van der Waals surface area contributed by atoms with Crippen molar-refractivity contribution in [2.75, 3.05) is 0 Å². The van der Waals surface area contributed by atoms with E-state index in [2.05, 4.69) is 17.1 Å². The van der Waals surface area contributed by atoms with E-state index in [0.29, 0.717) is 23.2 Å². The minimum Gasteiger partial charge on any atom is -0.489 e. The van der Waals surface area contributed by atoms with Gasteiger partial charge >= 0.3 is 5.97 Å². The van der Waals surface area contributed by atoms with Crippen LogP contribution in [0.2, 0.25) is 0 Å². The number of aromatic carboxylic acids is 1. The Kier molecular flexibility index (Phi) is 6.59. The van der Waals surface area contributed by atoms with Gasteiger partial charge in [0.05, 0.1) is 22.0 Å². The molecule has 1 aliphatic heterocycles. The lowest BCUT2D eigenvalue weighted by Gasteiger charge is -2.19. The van der Waals surface area contributed by atoms with E-state index in [9.17, 15) is 18.7 Å². The highest BCUT2D eigenvalue weighted by Gasteiger charge is 2.26. The van der Waals surface area contributed by atoms with Crippen molar-refractivity contribution in [3.63, 3.8) is 0 Å². The average molecular weight is 538 g/mol. The van der Waals surface area contributed by atoms with Gasteiger partial charge in [0.1, 0.15) is 12.4 Å². The minimum atomic E-state index is -0.968. The summed E-state index contributed by atoms with van der Waals surface area (Å²) in [5, 5.41) is 9.87. The molecule has 1 unspecified atom stereocenters. The van der Waals surface area contributed by atoms with Crippen molar-refractivity contribution in [1.82, 2.24) is 4.98 Å². The van der Waals surface area contributed by atoms with Crippen molar-refractivity contribution in [3.05, 3.63) is 136 Å². The van der Waals surface area contributed by atoms with Gasteiger partial charge in [-0.15, -0.1) is 11.8 Å². The summed E-state index contributed by atoms with van der Waals surface area (Å²) in [5.41, 5.74) is 5.28. The summed E-state index contributed by atoms with van der Waals surface area (Å²) in [7, 11) is 0. The maximum Gasteiger partial charge on any atom is 0.335 e. The second kappa shape index (κ2) is 10.3. The molecule has 0 spiro atoms. The molecule has 4 nitrogen and oxygen atoms in total. The number of benzene rings is 4. The topological polar surface area (TPSA) is 59.4 Å². The Morgan fingerprint density at radius 2 is 1.74 bits per heavy atom. The van der Waals surface area contributed by atoms with E-state index in [-0.39, 0.29) is 10.8 Å². The lowest BCUT2D eigenvalue weighted by Crippen LogP contribution is -2.00. The van der Waals surface area contributed by atoms with Crippen molar-refractivity contribution in [1.29, 1.82) is 0 Å². The molecule has 39 heavy (non-hydrogen) atoms. The molecule has 192 valence electrons. The molecule has 7 heteroatoms. The van der Waals surface area contributed by atoms with E-state index < -0.39 is 17.6 Å². The molecule has 1 atom stereocenters. The predicted molar refractivity (Wildman–Crippen MR) is 149 cm³/mol. The molecule has 6 rings (SSSR count). The van der Waals surface area contributed by atoms with Gasteiger partial charge in [-0.2, -0.15) is 0 Å². The van der Waals surface area contributed by atoms with Crippen LogP contribution in [0, 0.1) is 11.6 Å². The molecular weight excluding hydrogens is 516 g/mol. The number of fused-ring (bicyclic) bond motifs is 3. The van der Waals surface area contributed by atoms with Crippen molar-refractivity contribution in [2.45, 2.75) is 16.8 Å². The summed E-state index contributed by atoms with van der Waals surface area (Å²) >= 11 is 1.58. The molecule has 0 fully saturated rings. The largest absolute Gasteiger partial charge is 0.489 e. The molecule has 0 saturated carbocycles. The lowest BCUT2D eigenvalue weighted by molar-refractivity contribution is 0.0696. The number of pyridine rings is 1. The Hall–Kier alpha value is -4.49. The number of carboxylic acids is 1. The summed E-state index contributed by atoms with van der Waals surface area (Å²) < 4.78 is 33.4. The molecule has 5 aromatic rings. The third kappa shape index (κ3) is 5.13. The van der Waals surface area contributed by atoms with Crippen LogP contribution in [0.5, 0.6) is 5.75 Å². The molecule has 0 amide bonds. The second-order valence-corrected chi connectivity index (χ2v) is 10.3. The van der Waals surface area contributed by atoms with E-state index in [1.54, 1.807) is 42.1 Å². The first-order chi connectivity index (χ1) is 18.9. The van der Waals surface area contributed by atoms with Crippen LogP contribution >= 0.6 is 11.8 Å². The molecule has 1 aliphatic rings. The van der Waals surface area contributed by atoms with Crippen LogP contribution < -0.4 is 4.74 Å². The first kappa shape index (κ1) is 24.8. The van der Waals surface area contributed by atoms with Gasteiger partial charge in [0.15, 0.2) is 11.6 Å². The quantitative estimate of drug-likeness (QED) is 0.245. The first-order valence-electron chi connectivity index (χ1n) is 12.2. The van der Waals surface area contributed by atoms with Gasteiger partial charge < -0.3 is 9.84 Å². The standard InChI is InChI=1S/C32H21F2NO3S/c33-27-16-20-10-12-23(35-29(20)17-28(27)34)11-8-19-9-13-30-26(14-19)31(25-7-2-1-4-22(25)18-38-30)39-24-6-3-5-21(15-24)32(36)37/h1-17,31H,18H2,(H,36,37). The number of rotatable bonds is 5. The number of thioether (sulfide) groups is 1. The molecular formula is C32H21F2NO3S. The Labute approximate surface area is 227 Å². The SMILES string of the molecule is O=C(O)c1cccc(SC2c3ccccc3COc3ccc(C=Cc4ccc5cc(F)c(F)cc5n4)cc32)c1. The van der Waals surface area contributed by atoms with E-state index in [1.807, 2.05) is 48.6 Å². The fourth-order valence-corrected chi connectivity index (χ4v) is 5.92. The van der Waals surface area contributed by atoms with Gasteiger partial charge in [-0.05, 0) is 65.2 Å². The fourth-order valence-electron chi connectivity index (χ4n) is 4.62. The maximum atomic E-state index is 13.7. The van der Waals surface area contributed by atoms with Crippen molar-refractivity contribution in [3.8, 4) is 5.75 Å². The molecule has 4 aromatic carbocycles. The molecule has 1 aromatic heterocycles. The normalized spacial score (nSPS) is 14.5. The zero-order valence-electron chi connectivity index (χ0n) is 20.5. The first-order valence-corrected chi connectivity index (χ1v) is 13.1. The van der Waals surface area contributed by atoms with Gasteiger partial charge in [0, 0.05) is 21.9 Å². The second-order valence-electron chi connectivity index (χ2n) is 9.14. The Morgan fingerprint density at radius 3 is 2.62 bits per heavy atom. The number of carbonyl (C=O) groups is 1. The van der Waals surface area contributed by atoms with Crippen LogP contribution in [-0.2, 0) is 6.61 Å². The zero-order chi connectivity index (χ0) is 26.9. The number of hydrogen-bond acceptors (Lipinski definition) is 4. The van der Waals surface area contributed by atoms with Crippen molar-refractivity contribution in [2.24, 2.45) is 0 Å². The van der Waals surface area contributed by atoms with Gasteiger partial charge in [-0.1, -0.05) is 48.5 Å². The Morgan fingerprint density at radius 1 is 0.897 bits per heavy atom. The van der Waals surface area contributed by atoms with E-state index in [4.69, 9.17) is 4.74 Å². The third-order valence-electron chi connectivity index (χ3n) is 6.57. The van der Waals surface area contributed by atoms with Gasteiger partial charge in [-0.3, -0.25) is 0 Å². The van der Waals surface area contributed by atoms with Gasteiger partial charge in [-0.25, -0.2) is 18.6 Å². The molecule has 0 radical (unpaired) electrons. The number of carboxylic acid groups (broad SMARTS) is 1. The maximum absolute atomic E-state index is 13.7. The van der Waals surface area contributed by atoms with E-state index >= 15 is 0 Å². The smallest absolute Gasteiger partial charge is 0.335 e. The van der Waals surface area contributed by atoms with Crippen LogP contribution in [0.15, 0.2) is 95.9 Å². The highest BCUT2D eigenvalue weighted by atomic mass is 32.2. The number of halogens is 2. The summed E-state index contributed by atoms with van der Waals surface area (Å²) in [6.07, 6.45) is 3.74. The van der Waals surface area contributed by atoms with Crippen LogP contribution in [-0.4, -0.2) is 16.1 Å². The van der Waals surface area contributed by atoms with Crippen LogP contribution in [0.1, 0.15) is 43.6 Å². The number of nitrogens with zero attached hydrogens (tertiary/aromatic N) is 1. The fraction of sp³-hybridized carbons (Fsp3) is 0.0625. The molecule has 0 bridgehead atoms. The molecule has 0 saturated heterocycles. The highest BCUT2D eigenvalue weighted by Crippen LogP contribution is 2.47. The van der Waals surface area contributed by atoms with Crippen molar-refractivity contribution >= 4 is 40.8 Å². The van der Waals surface area contributed by atoms with Gasteiger partial charge in [0.2, 0.25) is 0 Å². The number of ether oxygens (including phenoxy) is 1. The summed E-state index contributed by atoms with van der Waals surface area (Å²) in [6.45, 7) is 0.433. The average Bonchev–Trinajstić information content (AvgIpc) is 3.09. The van der Waals surface area contributed by atoms with Crippen molar-refractivity contribution < 1.29 is 23.4 Å². The van der Waals surface area contributed by atoms with Crippen LogP contribution in [0.4, 0.5) is 8.78 Å². The van der Waals surface area contributed by atoms with Crippen LogP contribution in [0.3, 0.4) is 0 Å². The zero-order valence-corrected chi connectivity index (χ0v) is 21.3. The predicted octanol–water partition coefficient (Wildman–Crippen LogP) is 8.16. The lowest BCUT2D eigenvalue weighted by atomic mass is 9.98. The van der Waals surface area contributed by atoms with E-state index in [1.165, 1.54) is 0 Å². The molecule has 0 aliphatic carbocycles. The summed E-state index contributed by atoms with van der Waals surface area (Å²) in [4.78, 5) is 16.8. The Bertz CT molecular complexity index is 1770. The van der Waals surface area contributed by atoms with E-state index in [0.717, 1.165) is 45.0 Å². The minimum absolute atomic E-state index is 0.132. The Balaban J connectivity index is 1.37. The third-order valence-corrected chi connectivity index (χ3v) is 7.84. The molecule has 1 N–H and O–H groups in total. The molecule has 2 heterocycles. The van der Waals surface area contributed by atoms with Crippen LogP contribution in [0.25, 0.3) is 23.1 Å². The monoisotopic (exact) mass is 537 g/mol. The summed E-state index contributed by atoms with van der Waals surface area (Å²) in [5.74, 6) is -2.04. The highest BCUT2D eigenvalue weighted by molar-refractivity contribution is 7.99. The number of aromatic nitrogens is 1. The number of hydrogen-bond donors (Lipinski definition) is 1.